The van der Waals surface area contributed by atoms with Crippen molar-refractivity contribution in [1.29, 1.82) is 0 Å². The summed E-state index contributed by atoms with van der Waals surface area (Å²) in [5.74, 6) is 1.19. The van der Waals surface area contributed by atoms with E-state index in [2.05, 4.69) is 66.7 Å². The van der Waals surface area contributed by atoms with Crippen LogP contribution in [0.5, 0.6) is 0 Å². The average molecular weight is 516 g/mol. The SMILES string of the molecule is CCOC(=O)CCc1ccc(-c2ccc(-c3onc(C)c3CC(C)CCc3cccc(Cl)c3)cc2)cc1. The molecule has 0 bridgehead atoms. The van der Waals surface area contributed by atoms with Crippen molar-refractivity contribution in [3.05, 3.63) is 100 Å². The summed E-state index contributed by atoms with van der Waals surface area (Å²) < 4.78 is 10.8. The van der Waals surface area contributed by atoms with Crippen molar-refractivity contribution in [2.75, 3.05) is 6.61 Å². The number of ether oxygens (including phenoxy) is 1. The van der Waals surface area contributed by atoms with Crippen LogP contribution in [0, 0.1) is 12.8 Å². The van der Waals surface area contributed by atoms with E-state index in [-0.39, 0.29) is 5.97 Å². The van der Waals surface area contributed by atoms with Gasteiger partial charge in [0, 0.05) is 22.6 Å². The molecule has 37 heavy (non-hydrogen) atoms. The molecule has 1 aromatic heterocycles. The molecule has 0 aliphatic carbocycles. The smallest absolute Gasteiger partial charge is 0.306 e. The van der Waals surface area contributed by atoms with E-state index in [4.69, 9.17) is 20.9 Å². The van der Waals surface area contributed by atoms with Crippen LogP contribution in [0.1, 0.15) is 49.1 Å². The number of hydrogen-bond donors (Lipinski definition) is 0. The zero-order valence-electron chi connectivity index (χ0n) is 21.8. The van der Waals surface area contributed by atoms with Gasteiger partial charge in [-0.3, -0.25) is 4.79 Å². The maximum Gasteiger partial charge on any atom is 0.306 e. The van der Waals surface area contributed by atoms with Crippen molar-refractivity contribution in [1.82, 2.24) is 5.16 Å². The van der Waals surface area contributed by atoms with Gasteiger partial charge >= 0.3 is 5.97 Å². The van der Waals surface area contributed by atoms with Gasteiger partial charge in [0.2, 0.25) is 0 Å². The minimum absolute atomic E-state index is 0.153. The number of rotatable bonds is 11. The van der Waals surface area contributed by atoms with Crippen LogP contribution in [0.2, 0.25) is 5.02 Å². The monoisotopic (exact) mass is 515 g/mol. The third kappa shape index (κ3) is 7.33. The van der Waals surface area contributed by atoms with Crippen molar-refractivity contribution < 1.29 is 14.1 Å². The summed E-state index contributed by atoms with van der Waals surface area (Å²) in [6.07, 6.45) is 4.07. The van der Waals surface area contributed by atoms with Gasteiger partial charge in [-0.05, 0) is 79.8 Å². The van der Waals surface area contributed by atoms with E-state index in [9.17, 15) is 4.79 Å². The molecule has 1 heterocycles. The van der Waals surface area contributed by atoms with E-state index < -0.39 is 0 Å². The molecule has 4 aromatic rings. The fourth-order valence-electron chi connectivity index (χ4n) is 4.57. The van der Waals surface area contributed by atoms with E-state index in [1.165, 1.54) is 11.1 Å². The Morgan fingerprint density at radius 3 is 2.30 bits per heavy atom. The van der Waals surface area contributed by atoms with Gasteiger partial charge in [0.15, 0.2) is 5.76 Å². The van der Waals surface area contributed by atoms with Gasteiger partial charge in [-0.1, -0.05) is 84.3 Å². The maximum atomic E-state index is 11.6. The molecular formula is C32H34ClNO3. The number of benzene rings is 3. The zero-order valence-corrected chi connectivity index (χ0v) is 22.6. The third-order valence-corrected chi connectivity index (χ3v) is 6.94. The minimum atomic E-state index is -0.153. The quantitative estimate of drug-likeness (QED) is 0.188. The first-order valence-corrected chi connectivity index (χ1v) is 13.4. The van der Waals surface area contributed by atoms with Crippen LogP contribution in [-0.2, 0) is 28.8 Å². The second-order valence-electron chi connectivity index (χ2n) is 9.63. The van der Waals surface area contributed by atoms with Crippen LogP contribution in [0.4, 0.5) is 0 Å². The molecule has 4 nitrogen and oxygen atoms in total. The lowest BCUT2D eigenvalue weighted by atomic mass is 9.92. The number of carbonyl (C=O) groups excluding carboxylic acids is 1. The minimum Gasteiger partial charge on any atom is -0.466 e. The highest BCUT2D eigenvalue weighted by Gasteiger charge is 2.18. The largest absolute Gasteiger partial charge is 0.466 e. The van der Waals surface area contributed by atoms with Gasteiger partial charge in [0.1, 0.15) is 0 Å². The Bertz CT molecular complexity index is 1310. The number of carbonyl (C=O) groups is 1. The highest BCUT2D eigenvalue weighted by atomic mass is 35.5. The van der Waals surface area contributed by atoms with Crippen LogP contribution >= 0.6 is 11.6 Å². The fourth-order valence-corrected chi connectivity index (χ4v) is 4.78. The van der Waals surface area contributed by atoms with Crippen LogP contribution < -0.4 is 0 Å². The summed E-state index contributed by atoms with van der Waals surface area (Å²) >= 11 is 6.14. The van der Waals surface area contributed by atoms with Crippen LogP contribution in [0.15, 0.2) is 77.3 Å². The van der Waals surface area contributed by atoms with Crippen molar-refractivity contribution in [3.63, 3.8) is 0 Å². The summed E-state index contributed by atoms with van der Waals surface area (Å²) in [5, 5.41) is 5.07. The molecule has 0 saturated carbocycles. The molecule has 0 fully saturated rings. The summed E-state index contributed by atoms with van der Waals surface area (Å²) in [4.78, 5) is 11.6. The summed E-state index contributed by atoms with van der Waals surface area (Å²) in [6, 6.07) is 24.9. The molecule has 0 radical (unpaired) electrons. The first-order chi connectivity index (χ1) is 17.9. The van der Waals surface area contributed by atoms with Gasteiger partial charge in [0.25, 0.3) is 0 Å². The Morgan fingerprint density at radius 2 is 1.62 bits per heavy atom. The molecule has 192 valence electrons. The second kappa shape index (κ2) is 12.7. The normalized spacial score (nSPS) is 11.9. The zero-order chi connectivity index (χ0) is 26.2. The lowest BCUT2D eigenvalue weighted by Crippen LogP contribution is -2.05. The Labute approximate surface area is 224 Å². The van der Waals surface area contributed by atoms with E-state index >= 15 is 0 Å². The van der Waals surface area contributed by atoms with E-state index in [1.807, 2.05) is 32.0 Å². The molecule has 0 N–H and O–H groups in total. The second-order valence-corrected chi connectivity index (χ2v) is 10.1. The van der Waals surface area contributed by atoms with Crippen molar-refractivity contribution in [2.45, 2.75) is 52.9 Å². The highest BCUT2D eigenvalue weighted by molar-refractivity contribution is 6.30. The van der Waals surface area contributed by atoms with Gasteiger partial charge in [-0.2, -0.15) is 0 Å². The fraction of sp³-hybridized carbons (Fsp3) is 0.312. The molecule has 3 aromatic carbocycles. The number of aryl methyl sites for hydroxylation is 3. The van der Waals surface area contributed by atoms with Gasteiger partial charge in [0.05, 0.1) is 12.3 Å². The van der Waals surface area contributed by atoms with Crippen LogP contribution in [-0.4, -0.2) is 17.7 Å². The summed E-state index contributed by atoms with van der Waals surface area (Å²) in [6.45, 7) is 6.54. The first kappa shape index (κ1) is 26.7. The molecule has 0 saturated heterocycles. The van der Waals surface area contributed by atoms with Crippen molar-refractivity contribution in [2.24, 2.45) is 5.92 Å². The number of nitrogens with zero attached hydrogens (tertiary/aromatic N) is 1. The lowest BCUT2D eigenvalue weighted by molar-refractivity contribution is -0.143. The predicted octanol–water partition coefficient (Wildman–Crippen LogP) is 8.28. The molecule has 0 amide bonds. The Morgan fingerprint density at radius 1 is 0.946 bits per heavy atom. The molecule has 0 spiro atoms. The molecule has 5 heteroatoms. The molecule has 0 aliphatic rings. The first-order valence-electron chi connectivity index (χ1n) is 13.0. The van der Waals surface area contributed by atoms with Crippen LogP contribution in [0.25, 0.3) is 22.5 Å². The van der Waals surface area contributed by atoms with E-state index in [1.54, 1.807) is 0 Å². The third-order valence-electron chi connectivity index (χ3n) is 6.71. The summed E-state index contributed by atoms with van der Waals surface area (Å²) in [7, 11) is 0. The number of hydrogen-bond acceptors (Lipinski definition) is 4. The standard InChI is InChI=1S/C32H34ClNO3/c1-4-36-31(35)19-12-24-10-13-26(14-11-24)27-15-17-28(18-16-27)32-30(23(3)34-37-32)20-22(2)8-9-25-6-5-7-29(33)21-25/h5-7,10-11,13-18,21-22H,4,8-9,12,19-20H2,1-3H3. The number of aromatic nitrogens is 1. The van der Waals surface area contributed by atoms with Crippen LogP contribution in [0.3, 0.4) is 0 Å². The highest BCUT2D eigenvalue weighted by Crippen LogP contribution is 2.31. The van der Waals surface area contributed by atoms with E-state index in [0.29, 0.717) is 25.4 Å². The van der Waals surface area contributed by atoms with Gasteiger partial charge in [-0.15, -0.1) is 0 Å². The average Bonchev–Trinajstić information content (AvgIpc) is 3.26. The Hall–Kier alpha value is -3.37. The van der Waals surface area contributed by atoms with Crippen molar-refractivity contribution in [3.8, 4) is 22.5 Å². The van der Waals surface area contributed by atoms with Gasteiger partial charge < -0.3 is 9.26 Å². The Balaban J connectivity index is 1.39. The maximum absolute atomic E-state index is 11.6. The Kier molecular flexibility index (Phi) is 9.19. The number of esters is 1. The summed E-state index contributed by atoms with van der Waals surface area (Å²) in [5.41, 5.74) is 7.82. The lowest BCUT2D eigenvalue weighted by Gasteiger charge is -2.12. The van der Waals surface area contributed by atoms with E-state index in [0.717, 1.165) is 58.0 Å². The number of halogens is 1. The molecule has 4 rings (SSSR count). The topological polar surface area (TPSA) is 52.3 Å². The molecule has 1 unspecified atom stereocenters. The van der Waals surface area contributed by atoms with Crippen molar-refractivity contribution >= 4 is 17.6 Å². The van der Waals surface area contributed by atoms with Gasteiger partial charge in [-0.25, -0.2) is 0 Å². The molecule has 1 atom stereocenters. The molecular weight excluding hydrogens is 482 g/mol. The predicted molar refractivity (Wildman–Crippen MR) is 150 cm³/mol. The molecule has 0 aliphatic heterocycles.